The van der Waals surface area contributed by atoms with Crippen molar-refractivity contribution in [3.8, 4) is 0 Å². The molecule has 122 valence electrons. The Balaban J connectivity index is 2.17. The Labute approximate surface area is 129 Å². The van der Waals surface area contributed by atoms with Crippen molar-refractivity contribution in [2.45, 2.75) is 39.8 Å². The van der Waals surface area contributed by atoms with Gasteiger partial charge in [0.15, 0.2) is 6.10 Å². The number of amides is 1. The number of carbonyl (C=O) groups excluding carboxylic acids is 1. The summed E-state index contributed by atoms with van der Waals surface area (Å²) < 4.78 is 6.84. The molecule has 7 heteroatoms. The second-order valence-corrected chi connectivity index (χ2v) is 5.88. The number of carboxylic acid groups (broad SMARTS) is 1. The molecule has 0 spiro atoms. The molecule has 0 saturated carbocycles. The molecule has 1 aliphatic rings. The van der Waals surface area contributed by atoms with Gasteiger partial charge in [-0.2, -0.15) is 5.10 Å². The molecule has 0 radical (unpaired) electrons. The second-order valence-electron chi connectivity index (χ2n) is 5.88. The van der Waals surface area contributed by atoms with Crippen LogP contribution in [0.5, 0.6) is 0 Å². The first kappa shape index (κ1) is 16.5. The third kappa shape index (κ3) is 3.65. The largest absolute Gasteiger partial charge is 0.479 e. The third-order valence-corrected chi connectivity index (χ3v) is 3.60. The van der Waals surface area contributed by atoms with Crippen molar-refractivity contribution in [2.24, 2.45) is 5.92 Å². The van der Waals surface area contributed by atoms with E-state index in [2.05, 4.69) is 18.9 Å². The number of ether oxygens (including phenoxy) is 1. The lowest BCUT2D eigenvalue weighted by molar-refractivity contribution is -0.154. The average molecular weight is 309 g/mol. The molecule has 1 aliphatic heterocycles. The molecule has 7 nitrogen and oxygen atoms in total. The Bertz CT molecular complexity index is 553. The first-order valence-electron chi connectivity index (χ1n) is 7.62. The number of carboxylic acids is 1. The molecule has 1 aromatic rings. The molecule has 0 aromatic carbocycles. The van der Waals surface area contributed by atoms with Crippen molar-refractivity contribution in [1.82, 2.24) is 14.7 Å². The lowest BCUT2D eigenvalue weighted by Gasteiger charge is -2.30. The van der Waals surface area contributed by atoms with E-state index >= 15 is 0 Å². The molecule has 1 aromatic heterocycles. The number of hydrogen-bond donors (Lipinski definition) is 1. The summed E-state index contributed by atoms with van der Waals surface area (Å²) in [6.07, 6.45) is -0.139. The van der Waals surface area contributed by atoms with E-state index in [0.717, 1.165) is 12.1 Å². The van der Waals surface area contributed by atoms with E-state index in [1.165, 1.54) is 4.90 Å². The molecule has 22 heavy (non-hydrogen) atoms. The fraction of sp³-hybridized carbons (Fsp3) is 0.667. The Hall–Kier alpha value is -1.89. The van der Waals surface area contributed by atoms with Crippen LogP contribution in [0.2, 0.25) is 0 Å². The molecule has 1 saturated heterocycles. The van der Waals surface area contributed by atoms with Gasteiger partial charge in [-0.1, -0.05) is 13.8 Å². The van der Waals surface area contributed by atoms with Gasteiger partial charge in [-0.05, 0) is 25.3 Å². The zero-order chi connectivity index (χ0) is 16.3. The van der Waals surface area contributed by atoms with Crippen molar-refractivity contribution >= 4 is 11.9 Å². The number of nitrogens with zero attached hydrogens (tertiary/aromatic N) is 3. The fourth-order valence-corrected chi connectivity index (χ4v) is 2.55. The highest BCUT2D eigenvalue weighted by atomic mass is 16.5. The standard InChI is InChI=1S/C15H23N3O4/c1-4-18-12(8-11(16-18)7-10(2)3)14(19)17-5-6-22-13(9-17)15(20)21/h8,10,13H,4-7,9H2,1-3H3,(H,20,21)/t13-/m0/s1. The minimum Gasteiger partial charge on any atom is -0.479 e. The third-order valence-electron chi connectivity index (χ3n) is 3.60. The van der Waals surface area contributed by atoms with Gasteiger partial charge >= 0.3 is 5.97 Å². The summed E-state index contributed by atoms with van der Waals surface area (Å²) in [5.41, 5.74) is 1.41. The van der Waals surface area contributed by atoms with Crippen LogP contribution < -0.4 is 0 Å². The number of aliphatic carboxylic acids is 1. The van der Waals surface area contributed by atoms with Crippen LogP contribution in [0.3, 0.4) is 0 Å². The zero-order valence-corrected chi connectivity index (χ0v) is 13.3. The molecule has 1 atom stereocenters. The number of morpholine rings is 1. The number of rotatable bonds is 5. The fourth-order valence-electron chi connectivity index (χ4n) is 2.55. The predicted molar refractivity (Wildman–Crippen MR) is 79.7 cm³/mol. The minimum absolute atomic E-state index is 0.0720. The van der Waals surface area contributed by atoms with E-state index in [-0.39, 0.29) is 19.1 Å². The van der Waals surface area contributed by atoms with Gasteiger partial charge in [0.2, 0.25) is 0 Å². The predicted octanol–water partition coefficient (Wildman–Crippen LogP) is 1.03. The van der Waals surface area contributed by atoms with Crippen molar-refractivity contribution < 1.29 is 19.4 Å². The monoisotopic (exact) mass is 309 g/mol. The van der Waals surface area contributed by atoms with Crippen LogP contribution in [-0.2, 0) is 22.5 Å². The first-order valence-corrected chi connectivity index (χ1v) is 7.62. The lowest BCUT2D eigenvalue weighted by atomic mass is 10.1. The van der Waals surface area contributed by atoms with Crippen molar-refractivity contribution in [1.29, 1.82) is 0 Å². The molecule has 1 fully saturated rings. The summed E-state index contributed by atoms with van der Waals surface area (Å²) in [6.45, 7) is 7.45. The van der Waals surface area contributed by atoms with Gasteiger partial charge in [-0.15, -0.1) is 0 Å². The van der Waals surface area contributed by atoms with Crippen LogP contribution in [0.15, 0.2) is 6.07 Å². The number of aromatic nitrogens is 2. The molecule has 2 heterocycles. The lowest BCUT2D eigenvalue weighted by Crippen LogP contribution is -2.48. The summed E-state index contributed by atoms with van der Waals surface area (Å²) >= 11 is 0. The van der Waals surface area contributed by atoms with E-state index in [1.54, 1.807) is 4.68 Å². The van der Waals surface area contributed by atoms with Crippen molar-refractivity contribution in [3.63, 3.8) is 0 Å². The van der Waals surface area contributed by atoms with E-state index in [0.29, 0.717) is 24.7 Å². The van der Waals surface area contributed by atoms with Crippen molar-refractivity contribution in [2.75, 3.05) is 19.7 Å². The van der Waals surface area contributed by atoms with Crippen LogP contribution >= 0.6 is 0 Å². The quantitative estimate of drug-likeness (QED) is 0.878. The van der Waals surface area contributed by atoms with Gasteiger partial charge < -0.3 is 14.7 Å². The minimum atomic E-state index is -1.04. The summed E-state index contributed by atoms with van der Waals surface area (Å²) in [5, 5.41) is 13.5. The molecular formula is C15H23N3O4. The molecule has 2 rings (SSSR count). The molecule has 1 N–H and O–H groups in total. The normalized spacial score (nSPS) is 18.7. The Kier molecular flexibility index (Phi) is 5.18. The highest BCUT2D eigenvalue weighted by Gasteiger charge is 2.31. The Morgan fingerprint density at radius 2 is 2.23 bits per heavy atom. The SMILES string of the molecule is CCn1nc(CC(C)C)cc1C(=O)N1CCO[C@H](C(=O)O)C1. The molecule has 1 amide bonds. The highest BCUT2D eigenvalue weighted by Crippen LogP contribution is 2.15. The van der Waals surface area contributed by atoms with Gasteiger partial charge in [0.05, 0.1) is 18.8 Å². The molecule has 0 aliphatic carbocycles. The molecule has 0 bridgehead atoms. The van der Waals surface area contributed by atoms with E-state index in [4.69, 9.17) is 9.84 Å². The Morgan fingerprint density at radius 3 is 2.82 bits per heavy atom. The molecule has 0 unspecified atom stereocenters. The summed E-state index contributed by atoms with van der Waals surface area (Å²) in [7, 11) is 0. The van der Waals surface area contributed by atoms with Crippen molar-refractivity contribution in [3.05, 3.63) is 17.5 Å². The van der Waals surface area contributed by atoms with E-state index in [9.17, 15) is 9.59 Å². The Morgan fingerprint density at radius 1 is 1.50 bits per heavy atom. The topological polar surface area (TPSA) is 84.7 Å². The van der Waals surface area contributed by atoms with Gasteiger partial charge in [0.25, 0.3) is 5.91 Å². The maximum atomic E-state index is 12.7. The van der Waals surface area contributed by atoms with Crippen LogP contribution in [0.25, 0.3) is 0 Å². The first-order chi connectivity index (χ1) is 10.4. The van der Waals surface area contributed by atoms with Crippen LogP contribution in [0.1, 0.15) is 37.0 Å². The number of hydrogen-bond acceptors (Lipinski definition) is 4. The highest BCUT2D eigenvalue weighted by molar-refractivity contribution is 5.93. The van der Waals surface area contributed by atoms with E-state index < -0.39 is 12.1 Å². The molecular weight excluding hydrogens is 286 g/mol. The van der Waals surface area contributed by atoms with Crippen LogP contribution in [0.4, 0.5) is 0 Å². The number of aryl methyl sites for hydroxylation is 1. The summed E-state index contributed by atoms with van der Waals surface area (Å²) in [6, 6.07) is 1.82. The number of carbonyl (C=O) groups is 2. The maximum absolute atomic E-state index is 12.7. The zero-order valence-electron chi connectivity index (χ0n) is 13.3. The van der Waals surface area contributed by atoms with Gasteiger partial charge in [0.1, 0.15) is 5.69 Å². The van der Waals surface area contributed by atoms with Crippen LogP contribution in [0, 0.1) is 5.92 Å². The van der Waals surface area contributed by atoms with Gasteiger partial charge in [-0.3, -0.25) is 9.48 Å². The summed E-state index contributed by atoms with van der Waals surface area (Å²) in [4.78, 5) is 25.2. The van der Waals surface area contributed by atoms with E-state index in [1.807, 2.05) is 13.0 Å². The smallest absolute Gasteiger partial charge is 0.334 e. The van der Waals surface area contributed by atoms with Gasteiger partial charge in [0, 0.05) is 13.1 Å². The average Bonchev–Trinajstić information content (AvgIpc) is 2.88. The maximum Gasteiger partial charge on any atom is 0.334 e. The summed E-state index contributed by atoms with van der Waals surface area (Å²) in [5.74, 6) is -0.760. The van der Waals surface area contributed by atoms with Gasteiger partial charge in [-0.25, -0.2) is 4.79 Å². The van der Waals surface area contributed by atoms with Crippen LogP contribution in [-0.4, -0.2) is 57.5 Å². The second kappa shape index (κ2) is 6.91.